The fraction of sp³-hybridized carbons (Fsp3) is 0.333. The van der Waals surface area contributed by atoms with Crippen LogP contribution in [0.25, 0.3) is 0 Å². The van der Waals surface area contributed by atoms with Crippen molar-refractivity contribution in [2.45, 2.75) is 44.7 Å². The minimum Gasteiger partial charge on any atom is -0.347 e. The smallest absolute Gasteiger partial charge is 0.291 e. The SMILES string of the molecule is O=C1N=NC(Cc2cccc(C(=O)NCc3cccs3)c2)C2=C1CCCC2. The van der Waals surface area contributed by atoms with Gasteiger partial charge in [0.2, 0.25) is 0 Å². The lowest BCUT2D eigenvalue weighted by Crippen LogP contribution is -2.24. The van der Waals surface area contributed by atoms with Gasteiger partial charge in [-0.3, -0.25) is 9.59 Å². The Hall–Kier alpha value is -2.60. The van der Waals surface area contributed by atoms with E-state index < -0.39 is 0 Å². The second-order valence-electron chi connectivity index (χ2n) is 6.91. The molecule has 0 fully saturated rings. The van der Waals surface area contributed by atoms with Gasteiger partial charge in [-0.2, -0.15) is 5.11 Å². The van der Waals surface area contributed by atoms with E-state index >= 15 is 0 Å². The number of amides is 2. The Morgan fingerprint density at radius 3 is 2.93 bits per heavy atom. The van der Waals surface area contributed by atoms with E-state index in [1.54, 1.807) is 11.3 Å². The molecule has 1 atom stereocenters. The number of rotatable bonds is 5. The molecule has 0 saturated carbocycles. The Morgan fingerprint density at radius 2 is 2.07 bits per heavy atom. The molecule has 0 spiro atoms. The predicted octanol–water partition coefficient (Wildman–Crippen LogP) is 4.45. The fourth-order valence-electron chi connectivity index (χ4n) is 3.70. The van der Waals surface area contributed by atoms with Gasteiger partial charge in [0.15, 0.2) is 0 Å². The molecule has 1 N–H and O–H groups in total. The van der Waals surface area contributed by atoms with Crippen LogP contribution >= 0.6 is 11.3 Å². The molecule has 27 heavy (non-hydrogen) atoms. The predicted molar refractivity (Wildman–Crippen MR) is 105 cm³/mol. The summed E-state index contributed by atoms with van der Waals surface area (Å²) in [5.74, 6) is -0.245. The van der Waals surface area contributed by atoms with E-state index in [0.29, 0.717) is 18.5 Å². The minimum absolute atomic E-state index is 0.0803. The molecule has 6 heteroatoms. The van der Waals surface area contributed by atoms with Crippen molar-refractivity contribution in [1.82, 2.24) is 5.32 Å². The lowest BCUT2D eigenvalue weighted by Gasteiger charge is -2.25. The summed E-state index contributed by atoms with van der Waals surface area (Å²) in [4.78, 5) is 25.6. The van der Waals surface area contributed by atoms with Crippen molar-refractivity contribution in [3.8, 4) is 0 Å². The first-order chi connectivity index (χ1) is 13.2. The zero-order valence-corrected chi connectivity index (χ0v) is 15.8. The van der Waals surface area contributed by atoms with Crippen LogP contribution in [0.1, 0.15) is 46.5 Å². The largest absolute Gasteiger partial charge is 0.347 e. The van der Waals surface area contributed by atoms with Crippen LogP contribution in [0.4, 0.5) is 0 Å². The Kier molecular flexibility index (Phi) is 5.25. The summed E-state index contributed by atoms with van der Waals surface area (Å²) >= 11 is 1.63. The van der Waals surface area contributed by atoms with Crippen LogP contribution < -0.4 is 5.32 Å². The second-order valence-corrected chi connectivity index (χ2v) is 7.95. The number of carbonyl (C=O) groups is 2. The van der Waals surface area contributed by atoms with Gasteiger partial charge in [-0.05, 0) is 60.4 Å². The van der Waals surface area contributed by atoms with Crippen LogP contribution in [0.15, 0.2) is 63.2 Å². The van der Waals surface area contributed by atoms with Crippen LogP contribution in [0.5, 0.6) is 0 Å². The molecule has 0 radical (unpaired) electrons. The second kappa shape index (κ2) is 7.96. The number of thiophene rings is 1. The van der Waals surface area contributed by atoms with Gasteiger partial charge in [-0.15, -0.1) is 16.5 Å². The van der Waals surface area contributed by atoms with Gasteiger partial charge in [0, 0.05) is 22.4 Å². The number of carbonyl (C=O) groups excluding carboxylic acids is 2. The van der Waals surface area contributed by atoms with Crippen molar-refractivity contribution in [2.24, 2.45) is 10.2 Å². The normalized spacial score (nSPS) is 19.1. The van der Waals surface area contributed by atoms with Gasteiger partial charge >= 0.3 is 0 Å². The molecule has 1 aromatic carbocycles. The molecule has 2 aliphatic rings. The maximum atomic E-state index is 12.5. The lowest BCUT2D eigenvalue weighted by molar-refractivity contribution is -0.115. The van der Waals surface area contributed by atoms with E-state index in [-0.39, 0.29) is 17.9 Å². The zero-order chi connectivity index (χ0) is 18.6. The third-order valence-corrected chi connectivity index (χ3v) is 5.96. The molecule has 1 aromatic heterocycles. The van der Waals surface area contributed by atoms with Gasteiger partial charge in [-0.25, -0.2) is 0 Å². The molecular weight excluding hydrogens is 358 g/mol. The van der Waals surface area contributed by atoms with Crippen molar-refractivity contribution in [3.63, 3.8) is 0 Å². The van der Waals surface area contributed by atoms with E-state index in [9.17, 15) is 9.59 Å². The molecule has 0 saturated heterocycles. The van der Waals surface area contributed by atoms with Gasteiger partial charge in [0.1, 0.15) is 0 Å². The summed E-state index contributed by atoms with van der Waals surface area (Å²) < 4.78 is 0. The maximum Gasteiger partial charge on any atom is 0.291 e. The number of nitrogens with zero attached hydrogens (tertiary/aromatic N) is 2. The molecular formula is C21H21N3O2S. The monoisotopic (exact) mass is 379 g/mol. The average Bonchev–Trinajstić information content (AvgIpc) is 3.22. The molecule has 138 valence electrons. The van der Waals surface area contributed by atoms with E-state index in [1.165, 1.54) is 0 Å². The van der Waals surface area contributed by atoms with Crippen molar-refractivity contribution < 1.29 is 9.59 Å². The van der Waals surface area contributed by atoms with E-state index in [2.05, 4.69) is 15.5 Å². The van der Waals surface area contributed by atoms with Crippen molar-refractivity contribution in [3.05, 3.63) is 68.9 Å². The van der Waals surface area contributed by atoms with Gasteiger partial charge in [0.05, 0.1) is 12.6 Å². The number of hydrogen-bond donors (Lipinski definition) is 1. The first-order valence-electron chi connectivity index (χ1n) is 9.27. The Balaban J connectivity index is 1.46. The molecule has 0 bridgehead atoms. The summed E-state index contributed by atoms with van der Waals surface area (Å²) in [5, 5.41) is 13.1. The van der Waals surface area contributed by atoms with Crippen LogP contribution in [0.2, 0.25) is 0 Å². The lowest BCUT2D eigenvalue weighted by atomic mass is 9.84. The third-order valence-electron chi connectivity index (χ3n) is 5.08. The highest BCUT2D eigenvalue weighted by Crippen LogP contribution is 2.33. The van der Waals surface area contributed by atoms with Gasteiger partial charge in [-0.1, -0.05) is 18.2 Å². The van der Waals surface area contributed by atoms with Crippen LogP contribution in [-0.2, 0) is 17.8 Å². The highest BCUT2D eigenvalue weighted by molar-refractivity contribution is 7.09. The Bertz CT molecular complexity index is 915. The standard InChI is InChI=1S/C21H21N3O2S/c25-20(22-13-16-7-4-10-27-16)15-6-3-5-14(11-15)12-19-17-8-1-2-9-18(17)21(26)24-23-19/h3-7,10-11,19H,1-2,8-9,12-13H2,(H,22,25). The highest BCUT2D eigenvalue weighted by Gasteiger charge is 2.28. The summed E-state index contributed by atoms with van der Waals surface area (Å²) in [6.07, 6.45) is 4.55. The van der Waals surface area contributed by atoms with E-state index in [4.69, 9.17) is 0 Å². The summed E-state index contributed by atoms with van der Waals surface area (Å²) in [6.45, 7) is 0.538. The van der Waals surface area contributed by atoms with Crippen LogP contribution in [-0.4, -0.2) is 17.9 Å². The fourth-order valence-corrected chi connectivity index (χ4v) is 4.35. The van der Waals surface area contributed by atoms with Gasteiger partial charge < -0.3 is 5.32 Å². The maximum absolute atomic E-state index is 12.5. The summed E-state index contributed by atoms with van der Waals surface area (Å²) in [5.41, 5.74) is 3.69. The third kappa shape index (κ3) is 4.06. The van der Waals surface area contributed by atoms with Crippen LogP contribution in [0.3, 0.4) is 0 Å². The highest BCUT2D eigenvalue weighted by atomic mass is 32.1. The van der Waals surface area contributed by atoms with Crippen molar-refractivity contribution in [1.29, 1.82) is 0 Å². The molecule has 2 amide bonds. The summed E-state index contributed by atoms with van der Waals surface area (Å²) in [6, 6.07) is 11.5. The first-order valence-corrected chi connectivity index (χ1v) is 10.2. The van der Waals surface area contributed by atoms with Gasteiger partial charge in [0.25, 0.3) is 11.8 Å². The summed E-state index contributed by atoms with van der Waals surface area (Å²) in [7, 11) is 0. The number of azo groups is 1. The molecule has 1 aliphatic carbocycles. The van der Waals surface area contributed by atoms with Crippen molar-refractivity contribution >= 4 is 23.2 Å². The molecule has 4 rings (SSSR count). The zero-order valence-electron chi connectivity index (χ0n) is 15.0. The Labute approximate surface area is 162 Å². The van der Waals surface area contributed by atoms with E-state index in [1.807, 2.05) is 41.8 Å². The van der Waals surface area contributed by atoms with Crippen LogP contribution in [0, 0.1) is 0 Å². The Morgan fingerprint density at radius 1 is 1.19 bits per heavy atom. The number of benzene rings is 1. The molecule has 2 heterocycles. The first kappa shape index (κ1) is 17.8. The van der Waals surface area contributed by atoms with Crippen molar-refractivity contribution in [2.75, 3.05) is 0 Å². The quantitative estimate of drug-likeness (QED) is 0.833. The topological polar surface area (TPSA) is 70.9 Å². The molecule has 1 aliphatic heterocycles. The van der Waals surface area contributed by atoms with E-state index in [0.717, 1.165) is 47.3 Å². The minimum atomic E-state index is -0.164. The number of hydrogen-bond acceptors (Lipinski definition) is 4. The molecule has 5 nitrogen and oxygen atoms in total. The number of nitrogens with one attached hydrogen (secondary N) is 1. The molecule has 2 aromatic rings. The average molecular weight is 379 g/mol. The molecule has 1 unspecified atom stereocenters.